The largest absolute Gasteiger partial charge is 0.383 e. The fraction of sp³-hybridized carbons (Fsp3) is 0.588. The van der Waals surface area contributed by atoms with E-state index in [0.29, 0.717) is 17.5 Å². The van der Waals surface area contributed by atoms with Crippen LogP contribution in [0.5, 0.6) is 0 Å². The van der Waals surface area contributed by atoms with Gasteiger partial charge in [-0.3, -0.25) is 9.89 Å². The molecule has 8 heteroatoms. The van der Waals surface area contributed by atoms with Crippen LogP contribution in [-0.4, -0.2) is 51.6 Å². The molecule has 1 aliphatic rings. The number of hydrogen-bond donors (Lipinski definition) is 1. The zero-order valence-electron chi connectivity index (χ0n) is 14.9. The van der Waals surface area contributed by atoms with Crippen LogP contribution in [-0.2, 0) is 16.0 Å². The van der Waals surface area contributed by atoms with E-state index < -0.39 is 0 Å². The van der Waals surface area contributed by atoms with E-state index in [1.54, 1.807) is 7.11 Å². The number of nitrogens with zero attached hydrogens (tertiary/aromatic N) is 3. The van der Waals surface area contributed by atoms with E-state index in [1.807, 2.05) is 19.9 Å². The molecule has 0 aromatic carbocycles. The van der Waals surface area contributed by atoms with Gasteiger partial charge in [-0.05, 0) is 32.8 Å². The van der Waals surface area contributed by atoms with Gasteiger partial charge >= 0.3 is 0 Å². The molecule has 1 atom stereocenters. The summed E-state index contributed by atoms with van der Waals surface area (Å²) in [5, 5.41) is 7.70. The summed E-state index contributed by atoms with van der Waals surface area (Å²) in [6.07, 6.45) is 2.02. The molecule has 136 valence electrons. The lowest BCUT2D eigenvalue weighted by Crippen LogP contribution is -2.09. The third-order valence-corrected chi connectivity index (χ3v) is 5.29. The standard InChI is InChI=1S/C17H24N4O3S/c1-11-9-13(12(2)21(11)6-8-23-3)14(22)10-25-17-18-16(19-20-17)15-5-4-7-24-15/h9,15H,4-8,10H2,1-3H3,(H,18,19,20). The van der Waals surface area contributed by atoms with Gasteiger partial charge in [-0.25, -0.2) is 4.98 Å². The van der Waals surface area contributed by atoms with Crippen LogP contribution >= 0.6 is 11.8 Å². The van der Waals surface area contributed by atoms with Gasteiger partial charge < -0.3 is 14.0 Å². The number of carbonyl (C=O) groups excluding carboxylic acids is 1. The lowest BCUT2D eigenvalue weighted by molar-refractivity contribution is 0.102. The molecule has 0 bridgehead atoms. The summed E-state index contributed by atoms with van der Waals surface area (Å²) in [6.45, 7) is 6.13. The van der Waals surface area contributed by atoms with Gasteiger partial charge in [0.25, 0.3) is 0 Å². The van der Waals surface area contributed by atoms with E-state index in [-0.39, 0.29) is 11.9 Å². The van der Waals surface area contributed by atoms with Crippen molar-refractivity contribution in [2.45, 2.75) is 44.5 Å². The zero-order chi connectivity index (χ0) is 17.8. The Morgan fingerprint density at radius 1 is 1.52 bits per heavy atom. The minimum Gasteiger partial charge on any atom is -0.383 e. The first-order valence-electron chi connectivity index (χ1n) is 8.45. The molecule has 1 unspecified atom stereocenters. The minimum absolute atomic E-state index is 0.0114. The first-order chi connectivity index (χ1) is 12.1. The molecule has 1 aliphatic heterocycles. The number of carbonyl (C=O) groups is 1. The van der Waals surface area contributed by atoms with Gasteiger partial charge in [-0.1, -0.05) is 11.8 Å². The monoisotopic (exact) mass is 364 g/mol. The Morgan fingerprint density at radius 2 is 2.36 bits per heavy atom. The number of methoxy groups -OCH3 is 1. The lowest BCUT2D eigenvalue weighted by atomic mass is 10.2. The molecule has 0 aliphatic carbocycles. The Balaban J connectivity index is 1.61. The number of thioether (sulfide) groups is 1. The van der Waals surface area contributed by atoms with E-state index in [9.17, 15) is 4.79 Å². The number of aromatic amines is 1. The van der Waals surface area contributed by atoms with E-state index in [1.165, 1.54) is 11.8 Å². The van der Waals surface area contributed by atoms with Crippen LogP contribution in [0.4, 0.5) is 0 Å². The molecule has 3 rings (SSSR count). The van der Waals surface area contributed by atoms with Gasteiger partial charge in [0.15, 0.2) is 11.6 Å². The Hall–Kier alpha value is -1.64. The first-order valence-corrected chi connectivity index (χ1v) is 9.44. The molecule has 1 saturated heterocycles. The van der Waals surface area contributed by atoms with Crippen molar-refractivity contribution >= 4 is 17.5 Å². The van der Waals surface area contributed by atoms with Crippen LogP contribution in [0, 0.1) is 13.8 Å². The van der Waals surface area contributed by atoms with Crippen LogP contribution in [0.3, 0.4) is 0 Å². The van der Waals surface area contributed by atoms with Crippen LogP contribution in [0.25, 0.3) is 0 Å². The number of Topliss-reactive ketones (excluding diaryl/α,β-unsaturated/α-hetero) is 1. The zero-order valence-corrected chi connectivity index (χ0v) is 15.7. The number of aromatic nitrogens is 4. The van der Waals surface area contributed by atoms with Gasteiger partial charge in [0, 0.05) is 37.2 Å². The quantitative estimate of drug-likeness (QED) is 0.573. The Bertz CT molecular complexity index is 734. The van der Waals surface area contributed by atoms with Crippen molar-refractivity contribution in [1.29, 1.82) is 0 Å². The van der Waals surface area contributed by atoms with Crippen molar-refractivity contribution in [3.8, 4) is 0 Å². The van der Waals surface area contributed by atoms with E-state index >= 15 is 0 Å². The summed E-state index contributed by atoms with van der Waals surface area (Å²) < 4.78 is 12.8. The molecule has 1 N–H and O–H groups in total. The molecule has 3 heterocycles. The smallest absolute Gasteiger partial charge is 0.208 e. The highest BCUT2D eigenvalue weighted by atomic mass is 32.2. The van der Waals surface area contributed by atoms with Gasteiger partial charge in [-0.15, -0.1) is 5.10 Å². The molecular formula is C17H24N4O3S. The average molecular weight is 364 g/mol. The van der Waals surface area contributed by atoms with Crippen molar-refractivity contribution in [3.05, 3.63) is 28.8 Å². The summed E-state index contributed by atoms with van der Waals surface area (Å²) in [7, 11) is 1.68. The Morgan fingerprint density at radius 3 is 3.08 bits per heavy atom. The molecule has 1 fully saturated rings. The molecule has 0 radical (unpaired) electrons. The van der Waals surface area contributed by atoms with Crippen molar-refractivity contribution < 1.29 is 14.3 Å². The topological polar surface area (TPSA) is 82.0 Å². The number of nitrogens with one attached hydrogen (secondary N) is 1. The molecule has 7 nitrogen and oxygen atoms in total. The Labute approximate surface area is 151 Å². The molecule has 0 saturated carbocycles. The normalized spacial score (nSPS) is 17.3. The number of ketones is 1. The number of aryl methyl sites for hydroxylation is 1. The average Bonchev–Trinajstić information content (AvgIpc) is 3.32. The highest BCUT2D eigenvalue weighted by molar-refractivity contribution is 7.99. The Kier molecular flexibility index (Phi) is 5.93. The number of H-pyrrole nitrogens is 1. The first kappa shape index (κ1) is 18.2. The number of hydrogen-bond acceptors (Lipinski definition) is 6. The molecule has 2 aromatic rings. The van der Waals surface area contributed by atoms with Crippen LogP contribution < -0.4 is 0 Å². The SMILES string of the molecule is COCCn1c(C)cc(C(=O)CSc2n[nH]c(C3CCCO3)n2)c1C. The second-order valence-corrected chi connectivity index (χ2v) is 7.09. The fourth-order valence-corrected chi connectivity index (χ4v) is 3.77. The number of ether oxygens (including phenoxy) is 2. The van der Waals surface area contributed by atoms with Gasteiger partial charge in [0.05, 0.1) is 12.4 Å². The summed E-state index contributed by atoms with van der Waals surface area (Å²) in [5.74, 6) is 1.16. The molecule has 0 spiro atoms. The van der Waals surface area contributed by atoms with Crippen LogP contribution in [0.15, 0.2) is 11.2 Å². The molecule has 2 aromatic heterocycles. The van der Waals surface area contributed by atoms with Crippen molar-refractivity contribution in [2.24, 2.45) is 0 Å². The van der Waals surface area contributed by atoms with E-state index in [2.05, 4.69) is 19.7 Å². The third kappa shape index (κ3) is 4.13. The highest BCUT2D eigenvalue weighted by Gasteiger charge is 2.22. The maximum atomic E-state index is 12.6. The van der Waals surface area contributed by atoms with E-state index in [0.717, 1.165) is 48.8 Å². The second-order valence-electron chi connectivity index (χ2n) is 6.15. The fourth-order valence-electron chi connectivity index (χ4n) is 3.08. The van der Waals surface area contributed by atoms with Crippen molar-refractivity contribution in [3.63, 3.8) is 0 Å². The predicted octanol–water partition coefficient (Wildman–Crippen LogP) is 2.70. The predicted molar refractivity (Wildman–Crippen MR) is 95.1 cm³/mol. The third-order valence-electron chi connectivity index (χ3n) is 4.44. The summed E-state index contributed by atoms with van der Waals surface area (Å²) in [4.78, 5) is 17.0. The summed E-state index contributed by atoms with van der Waals surface area (Å²) >= 11 is 1.35. The summed E-state index contributed by atoms with van der Waals surface area (Å²) in [5.41, 5.74) is 2.81. The minimum atomic E-state index is 0.0114. The van der Waals surface area contributed by atoms with Gasteiger partial charge in [0.1, 0.15) is 6.10 Å². The second kappa shape index (κ2) is 8.16. The van der Waals surface area contributed by atoms with Gasteiger partial charge in [0.2, 0.25) is 5.16 Å². The number of rotatable bonds is 8. The van der Waals surface area contributed by atoms with E-state index in [4.69, 9.17) is 9.47 Å². The molecular weight excluding hydrogens is 340 g/mol. The van der Waals surface area contributed by atoms with Crippen molar-refractivity contribution in [2.75, 3.05) is 26.1 Å². The maximum absolute atomic E-state index is 12.6. The maximum Gasteiger partial charge on any atom is 0.208 e. The van der Waals surface area contributed by atoms with Gasteiger partial charge in [-0.2, -0.15) is 0 Å². The van der Waals surface area contributed by atoms with Crippen molar-refractivity contribution in [1.82, 2.24) is 19.7 Å². The van der Waals surface area contributed by atoms with Crippen LogP contribution in [0.2, 0.25) is 0 Å². The molecule has 25 heavy (non-hydrogen) atoms. The lowest BCUT2D eigenvalue weighted by Gasteiger charge is -2.08. The highest BCUT2D eigenvalue weighted by Crippen LogP contribution is 2.27. The summed E-state index contributed by atoms with van der Waals surface area (Å²) in [6, 6.07) is 1.95. The molecule has 0 amide bonds. The van der Waals surface area contributed by atoms with Crippen LogP contribution in [0.1, 0.15) is 46.5 Å².